The van der Waals surface area contributed by atoms with E-state index in [0.717, 1.165) is 22.4 Å². The van der Waals surface area contributed by atoms with Gasteiger partial charge in [-0.25, -0.2) is 9.97 Å². The highest BCUT2D eigenvalue weighted by atomic mass is 16.5. The van der Waals surface area contributed by atoms with Gasteiger partial charge in [-0.05, 0) is 31.2 Å². The van der Waals surface area contributed by atoms with E-state index in [4.69, 9.17) is 9.47 Å². The Morgan fingerprint density at radius 3 is 2.66 bits per heavy atom. The van der Waals surface area contributed by atoms with Crippen molar-refractivity contribution in [2.24, 2.45) is 7.05 Å². The van der Waals surface area contributed by atoms with Gasteiger partial charge in [0.25, 0.3) is 5.91 Å². The maximum absolute atomic E-state index is 13.0. The molecule has 0 radical (unpaired) electrons. The minimum Gasteiger partial charge on any atom is -0.497 e. The predicted molar refractivity (Wildman–Crippen MR) is 120 cm³/mol. The molecule has 9 heteroatoms. The van der Waals surface area contributed by atoms with E-state index in [0.29, 0.717) is 29.4 Å². The first kappa shape index (κ1) is 21.4. The lowest BCUT2D eigenvalue weighted by Gasteiger charge is -2.14. The number of aliphatic hydroxyl groups excluding tert-OH is 1. The number of anilines is 1. The molecule has 0 fully saturated rings. The number of hydrogen-bond donors (Lipinski definition) is 2. The smallest absolute Gasteiger partial charge is 0.257 e. The summed E-state index contributed by atoms with van der Waals surface area (Å²) in [5, 5.41) is 14.6. The highest BCUT2D eigenvalue weighted by molar-refractivity contribution is 5.99. The molecule has 4 rings (SSSR count). The summed E-state index contributed by atoms with van der Waals surface area (Å²) in [6, 6.07) is 8.83. The molecule has 0 bridgehead atoms. The van der Waals surface area contributed by atoms with Crippen LogP contribution in [0, 0.1) is 6.92 Å². The number of rotatable bonds is 7. The Balaban J connectivity index is 1.75. The van der Waals surface area contributed by atoms with Crippen molar-refractivity contribution in [3.8, 4) is 11.6 Å². The van der Waals surface area contributed by atoms with Crippen LogP contribution in [0.3, 0.4) is 0 Å². The normalized spacial score (nSPS) is 12.0. The summed E-state index contributed by atoms with van der Waals surface area (Å²) in [5.74, 6) is 1.31. The first-order valence-corrected chi connectivity index (χ1v) is 10.0. The lowest BCUT2D eigenvalue weighted by Crippen LogP contribution is -2.21. The number of benzene rings is 1. The third kappa shape index (κ3) is 3.90. The number of fused-ring (bicyclic) bond motifs is 1. The second-order valence-electron chi connectivity index (χ2n) is 7.40. The first-order chi connectivity index (χ1) is 15.4. The zero-order valence-corrected chi connectivity index (χ0v) is 18.4. The SMILES string of the molecule is COc1ccc2c(c1)c(C(O)C(=O)Nc1ccnc(OC)c1)c(C)n2Cc1nccn1C. The van der Waals surface area contributed by atoms with E-state index in [1.54, 1.807) is 25.4 Å². The summed E-state index contributed by atoms with van der Waals surface area (Å²) < 4.78 is 14.5. The molecule has 0 spiro atoms. The van der Waals surface area contributed by atoms with E-state index in [1.165, 1.54) is 13.3 Å². The van der Waals surface area contributed by atoms with Crippen molar-refractivity contribution in [2.45, 2.75) is 19.6 Å². The van der Waals surface area contributed by atoms with E-state index in [9.17, 15) is 9.90 Å². The number of aromatic nitrogens is 4. The van der Waals surface area contributed by atoms with Crippen LogP contribution < -0.4 is 14.8 Å². The van der Waals surface area contributed by atoms with Crippen LogP contribution in [0.4, 0.5) is 5.69 Å². The Morgan fingerprint density at radius 2 is 1.97 bits per heavy atom. The van der Waals surface area contributed by atoms with Crippen molar-refractivity contribution in [3.63, 3.8) is 0 Å². The lowest BCUT2D eigenvalue weighted by molar-refractivity contribution is -0.124. The molecule has 3 heterocycles. The van der Waals surface area contributed by atoms with E-state index >= 15 is 0 Å². The molecule has 0 aliphatic carbocycles. The third-order valence-corrected chi connectivity index (χ3v) is 5.53. The summed E-state index contributed by atoms with van der Waals surface area (Å²) in [6.07, 6.45) is 3.75. The van der Waals surface area contributed by atoms with Crippen molar-refractivity contribution >= 4 is 22.5 Å². The quantitative estimate of drug-likeness (QED) is 0.463. The Kier molecular flexibility index (Phi) is 5.83. The van der Waals surface area contributed by atoms with Crippen molar-refractivity contribution in [2.75, 3.05) is 19.5 Å². The molecular weight excluding hydrogens is 410 g/mol. The molecule has 0 saturated heterocycles. The molecule has 0 aliphatic rings. The second-order valence-corrected chi connectivity index (χ2v) is 7.40. The van der Waals surface area contributed by atoms with Crippen LogP contribution in [-0.4, -0.2) is 44.3 Å². The summed E-state index contributed by atoms with van der Waals surface area (Å²) in [4.78, 5) is 21.4. The predicted octanol–water partition coefficient (Wildman–Crippen LogP) is 2.82. The minimum atomic E-state index is -1.40. The Morgan fingerprint density at radius 1 is 1.16 bits per heavy atom. The largest absolute Gasteiger partial charge is 0.497 e. The molecule has 32 heavy (non-hydrogen) atoms. The number of aliphatic hydroxyl groups is 1. The zero-order chi connectivity index (χ0) is 22.8. The van der Waals surface area contributed by atoms with Gasteiger partial charge in [0.1, 0.15) is 11.6 Å². The zero-order valence-electron chi connectivity index (χ0n) is 18.4. The fourth-order valence-electron chi connectivity index (χ4n) is 3.79. The number of pyridine rings is 1. The maximum Gasteiger partial charge on any atom is 0.257 e. The van der Waals surface area contributed by atoms with Gasteiger partial charge in [-0.2, -0.15) is 0 Å². The number of nitrogens with zero attached hydrogens (tertiary/aromatic N) is 4. The van der Waals surface area contributed by atoms with Gasteiger partial charge in [-0.3, -0.25) is 4.79 Å². The van der Waals surface area contributed by atoms with Gasteiger partial charge in [0.05, 0.1) is 20.8 Å². The number of aryl methyl sites for hydroxylation is 1. The third-order valence-electron chi connectivity index (χ3n) is 5.53. The molecule has 0 aliphatic heterocycles. The van der Waals surface area contributed by atoms with Crippen molar-refractivity contribution < 1.29 is 19.4 Å². The molecule has 9 nitrogen and oxygen atoms in total. The average molecular weight is 435 g/mol. The average Bonchev–Trinajstić information content (AvgIpc) is 3.33. The molecule has 1 aromatic carbocycles. The van der Waals surface area contributed by atoms with Gasteiger partial charge in [-0.1, -0.05) is 0 Å². The number of methoxy groups -OCH3 is 2. The topological polar surface area (TPSA) is 103 Å². The number of ether oxygens (including phenoxy) is 2. The number of nitrogens with one attached hydrogen (secondary N) is 1. The number of hydrogen-bond acceptors (Lipinski definition) is 6. The molecular formula is C23H25N5O4. The van der Waals surface area contributed by atoms with Crippen molar-refractivity contribution in [3.05, 3.63) is 66.0 Å². The highest BCUT2D eigenvalue weighted by Gasteiger charge is 2.26. The fraction of sp³-hybridized carbons (Fsp3) is 0.261. The minimum absolute atomic E-state index is 0.366. The molecule has 1 unspecified atom stereocenters. The number of carbonyl (C=O) groups is 1. The first-order valence-electron chi connectivity index (χ1n) is 10.0. The molecule has 1 amide bonds. The number of carbonyl (C=O) groups excluding carboxylic acids is 1. The van der Waals surface area contributed by atoms with Gasteiger partial charge in [0.15, 0.2) is 6.10 Å². The monoisotopic (exact) mass is 435 g/mol. The highest BCUT2D eigenvalue weighted by Crippen LogP contribution is 2.34. The molecule has 2 N–H and O–H groups in total. The van der Waals surface area contributed by atoms with Gasteiger partial charge < -0.3 is 29.0 Å². The summed E-state index contributed by atoms with van der Waals surface area (Å²) in [7, 11) is 5.01. The Labute approximate surface area is 185 Å². The molecule has 0 saturated carbocycles. The van der Waals surface area contributed by atoms with Crippen LogP contribution >= 0.6 is 0 Å². The maximum atomic E-state index is 13.0. The van der Waals surface area contributed by atoms with Crippen LogP contribution in [-0.2, 0) is 18.4 Å². The summed E-state index contributed by atoms with van der Waals surface area (Å²) in [6.45, 7) is 2.38. The molecule has 3 aromatic heterocycles. The summed E-state index contributed by atoms with van der Waals surface area (Å²) >= 11 is 0. The summed E-state index contributed by atoms with van der Waals surface area (Å²) in [5.41, 5.74) is 2.64. The van der Waals surface area contributed by atoms with Gasteiger partial charge >= 0.3 is 0 Å². The van der Waals surface area contributed by atoms with Crippen LogP contribution in [0.1, 0.15) is 23.2 Å². The van der Waals surface area contributed by atoms with E-state index in [-0.39, 0.29) is 0 Å². The van der Waals surface area contributed by atoms with Crippen LogP contribution in [0.15, 0.2) is 48.9 Å². The van der Waals surface area contributed by atoms with Crippen LogP contribution in [0.5, 0.6) is 11.6 Å². The van der Waals surface area contributed by atoms with Crippen molar-refractivity contribution in [1.82, 2.24) is 19.1 Å². The van der Waals surface area contributed by atoms with Crippen LogP contribution in [0.25, 0.3) is 10.9 Å². The Bertz CT molecular complexity index is 1280. The van der Waals surface area contributed by atoms with Gasteiger partial charge in [0.2, 0.25) is 5.88 Å². The number of imidazole rings is 1. The standard InChI is InChI=1S/C23H25N5O4/c1-14-21(22(29)23(30)26-15-7-8-25-20(11-15)32-4)17-12-16(31-3)5-6-18(17)28(14)13-19-24-9-10-27(19)2/h5-12,22,29H,13H2,1-4H3,(H,25,26,30). The second kappa shape index (κ2) is 8.72. The van der Waals surface area contributed by atoms with E-state index in [1.807, 2.05) is 47.5 Å². The Hall–Kier alpha value is -3.85. The van der Waals surface area contributed by atoms with E-state index < -0.39 is 12.0 Å². The van der Waals surface area contributed by atoms with Crippen LogP contribution in [0.2, 0.25) is 0 Å². The molecule has 166 valence electrons. The number of amides is 1. The molecule has 4 aromatic rings. The van der Waals surface area contributed by atoms with Crippen molar-refractivity contribution in [1.29, 1.82) is 0 Å². The fourth-order valence-corrected chi connectivity index (χ4v) is 3.79. The lowest BCUT2D eigenvalue weighted by atomic mass is 10.0. The molecule has 1 atom stereocenters. The van der Waals surface area contributed by atoms with E-state index in [2.05, 4.69) is 15.3 Å². The van der Waals surface area contributed by atoms with Gasteiger partial charge in [-0.15, -0.1) is 0 Å². The van der Waals surface area contributed by atoms with Gasteiger partial charge in [0, 0.05) is 59.6 Å².